The van der Waals surface area contributed by atoms with Crippen molar-refractivity contribution in [1.29, 1.82) is 0 Å². The molecular weight excluding hydrogens is 206 g/mol. The molecule has 1 atom stereocenters. The molecule has 0 aromatic heterocycles. The second kappa shape index (κ2) is 9.15. The normalized spacial score (nSPS) is 11.9. The van der Waals surface area contributed by atoms with Gasteiger partial charge in [0.05, 0.1) is 0 Å². The Balaban J connectivity index is 3.40. The molecule has 1 unspecified atom stereocenters. The maximum absolute atomic E-state index is 11.3. The van der Waals surface area contributed by atoms with Gasteiger partial charge in [-0.3, -0.25) is 9.59 Å². The van der Waals surface area contributed by atoms with Crippen LogP contribution in [0.1, 0.15) is 39.5 Å². The van der Waals surface area contributed by atoms with Crippen LogP contribution in [-0.4, -0.2) is 30.9 Å². The SMILES string of the molecule is CCNC(=O)CCCC(=O)NCCC(C)N. The fourth-order valence-corrected chi connectivity index (χ4v) is 1.22. The number of carbonyl (C=O) groups is 2. The summed E-state index contributed by atoms with van der Waals surface area (Å²) < 4.78 is 0. The smallest absolute Gasteiger partial charge is 0.220 e. The van der Waals surface area contributed by atoms with Crippen molar-refractivity contribution in [3.8, 4) is 0 Å². The van der Waals surface area contributed by atoms with Crippen molar-refractivity contribution in [2.75, 3.05) is 13.1 Å². The molecule has 0 saturated heterocycles. The molecule has 0 aliphatic rings. The van der Waals surface area contributed by atoms with Crippen LogP contribution in [0.3, 0.4) is 0 Å². The molecule has 0 aliphatic heterocycles. The average molecular weight is 229 g/mol. The lowest BCUT2D eigenvalue weighted by atomic mass is 10.2. The number of carbonyl (C=O) groups excluding carboxylic acids is 2. The topological polar surface area (TPSA) is 84.2 Å². The van der Waals surface area contributed by atoms with Gasteiger partial charge < -0.3 is 16.4 Å². The molecule has 0 bridgehead atoms. The molecule has 0 heterocycles. The molecule has 2 amide bonds. The Bertz CT molecular complexity index is 217. The summed E-state index contributed by atoms with van der Waals surface area (Å²) in [7, 11) is 0. The minimum Gasteiger partial charge on any atom is -0.356 e. The minimum atomic E-state index is -0.00931. The van der Waals surface area contributed by atoms with Crippen molar-refractivity contribution in [3.05, 3.63) is 0 Å². The van der Waals surface area contributed by atoms with Crippen LogP contribution in [0.4, 0.5) is 0 Å². The fraction of sp³-hybridized carbons (Fsp3) is 0.818. The van der Waals surface area contributed by atoms with Gasteiger partial charge in [-0.2, -0.15) is 0 Å². The third-order valence-corrected chi connectivity index (χ3v) is 2.10. The number of nitrogens with two attached hydrogens (primary N) is 1. The van der Waals surface area contributed by atoms with Gasteiger partial charge in [0, 0.05) is 32.0 Å². The molecule has 5 heteroatoms. The van der Waals surface area contributed by atoms with Gasteiger partial charge >= 0.3 is 0 Å². The van der Waals surface area contributed by atoms with Gasteiger partial charge in [0.25, 0.3) is 0 Å². The van der Waals surface area contributed by atoms with Gasteiger partial charge in [0.1, 0.15) is 0 Å². The number of rotatable bonds is 8. The number of hydrogen-bond acceptors (Lipinski definition) is 3. The Kier molecular flexibility index (Phi) is 8.52. The van der Waals surface area contributed by atoms with E-state index in [-0.39, 0.29) is 17.9 Å². The Morgan fingerprint density at radius 2 is 1.75 bits per heavy atom. The number of amides is 2. The molecule has 5 nitrogen and oxygen atoms in total. The third-order valence-electron chi connectivity index (χ3n) is 2.10. The van der Waals surface area contributed by atoms with Gasteiger partial charge in [-0.15, -0.1) is 0 Å². The van der Waals surface area contributed by atoms with Gasteiger partial charge in [-0.25, -0.2) is 0 Å². The monoisotopic (exact) mass is 229 g/mol. The first-order chi connectivity index (χ1) is 7.56. The largest absolute Gasteiger partial charge is 0.356 e. The molecule has 0 rings (SSSR count). The highest BCUT2D eigenvalue weighted by molar-refractivity contribution is 5.78. The molecule has 0 aromatic carbocycles. The van der Waals surface area contributed by atoms with E-state index in [1.807, 2.05) is 13.8 Å². The molecule has 0 radical (unpaired) electrons. The summed E-state index contributed by atoms with van der Waals surface area (Å²) in [6, 6.07) is 0.107. The van der Waals surface area contributed by atoms with Crippen molar-refractivity contribution in [2.45, 2.75) is 45.6 Å². The molecule has 0 saturated carbocycles. The van der Waals surface area contributed by atoms with Crippen molar-refractivity contribution in [3.63, 3.8) is 0 Å². The van der Waals surface area contributed by atoms with Crippen LogP contribution in [0.2, 0.25) is 0 Å². The summed E-state index contributed by atoms with van der Waals surface area (Å²) in [4.78, 5) is 22.3. The van der Waals surface area contributed by atoms with Crippen molar-refractivity contribution in [2.24, 2.45) is 5.73 Å². The molecule has 0 aliphatic carbocycles. The zero-order valence-corrected chi connectivity index (χ0v) is 10.2. The maximum Gasteiger partial charge on any atom is 0.220 e. The first kappa shape index (κ1) is 14.9. The molecular formula is C11H23N3O2. The summed E-state index contributed by atoms with van der Waals surface area (Å²) in [5.41, 5.74) is 5.55. The van der Waals surface area contributed by atoms with E-state index in [1.165, 1.54) is 0 Å². The Morgan fingerprint density at radius 3 is 2.25 bits per heavy atom. The molecule has 16 heavy (non-hydrogen) atoms. The summed E-state index contributed by atoms with van der Waals surface area (Å²) in [6.07, 6.45) is 2.18. The lowest BCUT2D eigenvalue weighted by molar-refractivity contribution is -0.122. The summed E-state index contributed by atoms with van der Waals surface area (Å²) in [5, 5.41) is 5.46. The van der Waals surface area contributed by atoms with Crippen molar-refractivity contribution in [1.82, 2.24) is 10.6 Å². The molecule has 0 spiro atoms. The van der Waals surface area contributed by atoms with Crippen molar-refractivity contribution < 1.29 is 9.59 Å². The lowest BCUT2D eigenvalue weighted by Gasteiger charge is -2.07. The first-order valence-corrected chi connectivity index (χ1v) is 5.85. The molecule has 4 N–H and O–H groups in total. The second-order valence-corrected chi connectivity index (χ2v) is 3.92. The summed E-state index contributed by atoms with van der Waals surface area (Å²) in [6.45, 7) is 5.02. The summed E-state index contributed by atoms with van der Waals surface area (Å²) >= 11 is 0. The first-order valence-electron chi connectivity index (χ1n) is 5.85. The second-order valence-electron chi connectivity index (χ2n) is 3.92. The molecule has 0 aromatic rings. The Morgan fingerprint density at radius 1 is 1.19 bits per heavy atom. The van der Waals surface area contributed by atoms with Crippen LogP contribution < -0.4 is 16.4 Å². The van der Waals surface area contributed by atoms with Crippen LogP contribution in [0, 0.1) is 0 Å². The predicted molar refractivity (Wildman–Crippen MR) is 63.8 cm³/mol. The lowest BCUT2D eigenvalue weighted by Crippen LogP contribution is -2.29. The van der Waals surface area contributed by atoms with Gasteiger partial charge in [0.2, 0.25) is 11.8 Å². The number of nitrogens with one attached hydrogen (secondary N) is 2. The van der Waals surface area contributed by atoms with E-state index >= 15 is 0 Å². The van der Waals surface area contributed by atoms with Crippen molar-refractivity contribution >= 4 is 11.8 Å². The third kappa shape index (κ3) is 9.45. The fourth-order valence-electron chi connectivity index (χ4n) is 1.22. The van der Waals surface area contributed by atoms with Gasteiger partial charge in [-0.1, -0.05) is 0 Å². The highest BCUT2D eigenvalue weighted by Gasteiger charge is 2.04. The Hall–Kier alpha value is -1.10. The number of hydrogen-bond donors (Lipinski definition) is 3. The highest BCUT2D eigenvalue weighted by atomic mass is 16.2. The van der Waals surface area contributed by atoms with Crippen LogP contribution in [-0.2, 0) is 9.59 Å². The van der Waals surface area contributed by atoms with E-state index in [1.54, 1.807) is 0 Å². The minimum absolute atomic E-state index is 0.00544. The van der Waals surface area contributed by atoms with Crippen LogP contribution >= 0.6 is 0 Å². The van der Waals surface area contributed by atoms with Gasteiger partial charge in [-0.05, 0) is 26.7 Å². The van der Waals surface area contributed by atoms with Crippen LogP contribution in [0.5, 0.6) is 0 Å². The quantitative estimate of drug-likeness (QED) is 0.554. The van der Waals surface area contributed by atoms with E-state index in [0.717, 1.165) is 6.42 Å². The zero-order valence-electron chi connectivity index (χ0n) is 10.2. The van der Waals surface area contributed by atoms with E-state index in [2.05, 4.69) is 10.6 Å². The zero-order chi connectivity index (χ0) is 12.4. The highest BCUT2D eigenvalue weighted by Crippen LogP contribution is 1.95. The standard InChI is InChI=1S/C11H23N3O2/c1-3-13-10(15)5-4-6-11(16)14-8-7-9(2)12/h9H,3-8,12H2,1-2H3,(H,13,15)(H,14,16). The molecule has 94 valence electrons. The Labute approximate surface area is 97.2 Å². The van der Waals surface area contributed by atoms with E-state index in [4.69, 9.17) is 5.73 Å². The van der Waals surface area contributed by atoms with E-state index in [0.29, 0.717) is 32.4 Å². The van der Waals surface area contributed by atoms with Gasteiger partial charge in [0.15, 0.2) is 0 Å². The predicted octanol–water partition coefficient (Wildman–Crippen LogP) is 0.146. The van der Waals surface area contributed by atoms with Crippen LogP contribution in [0.25, 0.3) is 0 Å². The molecule has 0 fully saturated rings. The van der Waals surface area contributed by atoms with E-state index < -0.39 is 0 Å². The van der Waals surface area contributed by atoms with E-state index in [9.17, 15) is 9.59 Å². The van der Waals surface area contributed by atoms with Crippen LogP contribution in [0.15, 0.2) is 0 Å². The maximum atomic E-state index is 11.3. The average Bonchev–Trinajstić information content (AvgIpc) is 2.17. The summed E-state index contributed by atoms with van der Waals surface area (Å²) in [5.74, 6) is -0.00386.